The van der Waals surface area contributed by atoms with Crippen molar-refractivity contribution in [2.45, 2.75) is 24.2 Å². The van der Waals surface area contributed by atoms with E-state index in [9.17, 15) is 9.59 Å². The van der Waals surface area contributed by atoms with Gasteiger partial charge >= 0.3 is 0 Å². The van der Waals surface area contributed by atoms with Gasteiger partial charge in [0.2, 0.25) is 5.91 Å². The maximum atomic E-state index is 13.1. The predicted molar refractivity (Wildman–Crippen MR) is 127 cm³/mol. The molecule has 0 bridgehead atoms. The summed E-state index contributed by atoms with van der Waals surface area (Å²) in [6, 6.07) is 14.5. The van der Waals surface area contributed by atoms with Gasteiger partial charge in [0.05, 0.1) is 35.8 Å². The molecule has 33 heavy (non-hydrogen) atoms. The molecule has 0 saturated carbocycles. The minimum Gasteiger partial charge on any atom is -0.486 e. The first kappa shape index (κ1) is 23.1. The molecule has 174 valence electrons. The van der Waals surface area contributed by atoms with Gasteiger partial charge in [0.15, 0.2) is 22.8 Å². The van der Waals surface area contributed by atoms with Crippen LogP contribution in [0.3, 0.4) is 0 Å². The lowest BCUT2D eigenvalue weighted by Crippen LogP contribution is -2.42. The number of aromatic nitrogens is 2. The Balaban J connectivity index is 1.45. The van der Waals surface area contributed by atoms with E-state index in [1.165, 1.54) is 11.8 Å². The fourth-order valence-corrected chi connectivity index (χ4v) is 4.77. The zero-order valence-electron chi connectivity index (χ0n) is 18.9. The van der Waals surface area contributed by atoms with Crippen molar-refractivity contribution in [2.75, 3.05) is 39.7 Å². The van der Waals surface area contributed by atoms with Crippen LogP contribution in [0, 0.1) is 0 Å². The molecule has 8 nitrogen and oxygen atoms in total. The molecule has 1 aliphatic rings. The highest BCUT2D eigenvalue weighted by molar-refractivity contribution is 7.99. The summed E-state index contributed by atoms with van der Waals surface area (Å²) in [5.74, 6) is 1.45. The van der Waals surface area contributed by atoms with E-state index >= 15 is 0 Å². The van der Waals surface area contributed by atoms with Crippen LogP contribution in [0.15, 0.2) is 58.5 Å². The number of likely N-dealkylation sites (N-methyl/N-ethyl adjacent to an activating group) is 1. The van der Waals surface area contributed by atoms with E-state index < -0.39 is 0 Å². The van der Waals surface area contributed by atoms with Crippen molar-refractivity contribution < 1.29 is 19.0 Å². The van der Waals surface area contributed by atoms with E-state index in [1.807, 2.05) is 43.3 Å². The first-order valence-corrected chi connectivity index (χ1v) is 11.7. The molecule has 0 aliphatic carbocycles. The summed E-state index contributed by atoms with van der Waals surface area (Å²) in [6.45, 7) is 3.04. The van der Waals surface area contributed by atoms with Crippen molar-refractivity contribution in [3.8, 4) is 11.5 Å². The van der Waals surface area contributed by atoms with E-state index in [0.29, 0.717) is 47.3 Å². The number of benzene rings is 2. The van der Waals surface area contributed by atoms with Gasteiger partial charge in [0.25, 0.3) is 5.56 Å². The summed E-state index contributed by atoms with van der Waals surface area (Å²) in [6.07, 6.45) is -0.252. The van der Waals surface area contributed by atoms with Crippen LogP contribution >= 0.6 is 11.8 Å². The van der Waals surface area contributed by atoms with Crippen LogP contribution in [0.1, 0.15) is 13.0 Å². The first-order valence-electron chi connectivity index (χ1n) is 10.7. The van der Waals surface area contributed by atoms with Crippen LogP contribution in [0.4, 0.5) is 0 Å². The topological polar surface area (TPSA) is 82.9 Å². The van der Waals surface area contributed by atoms with Crippen LogP contribution in [0.25, 0.3) is 10.9 Å². The van der Waals surface area contributed by atoms with E-state index in [1.54, 1.807) is 35.8 Å². The number of amides is 1. The van der Waals surface area contributed by atoms with Gasteiger partial charge in [-0.05, 0) is 31.2 Å². The van der Waals surface area contributed by atoms with Crippen molar-refractivity contribution >= 4 is 28.6 Å². The number of carbonyl (C=O) groups is 1. The standard InChI is InChI=1S/C24H27N3O5S/c1-16(13-30-3)27-23(29)18-8-4-5-9-19(18)25-24(27)33-15-22(28)26(2)12-17-14-31-20-10-6-7-11-21(20)32-17/h4-11,16-17H,12-15H2,1-3H3/t16-,17-/m1/s1. The second kappa shape index (κ2) is 10.3. The van der Waals surface area contributed by atoms with Crippen molar-refractivity contribution in [3.05, 3.63) is 58.9 Å². The van der Waals surface area contributed by atoms with Gasteiger partial charge in [-0.25, -0.2) is 4.98 Å². The summed E-state index contributed by atoms with van der Waals surface area (Å²) in [5, 5.41) is 1.04. The molecular formula is C24H27N3O5S. The molecule has 0 saturated heterocycles. The number of fused-ring (bicyclic) bond motifs is 2. The minimum atomic E-state index is -0.252. The van der Waals surface area contributed by atoms with Crippen LogP contribution in [0.5, 0.6) is 11.5 Å². The predicted octanol–water partition coefficient (Wildman–Crippen LogP) is 2.99. The van der Waals surface area contributed by atoms with E-state index in [-0.39, 0.29) is 29.4 Å². The van der Waals surface area contributed by atoms with E-state index in [4.69, 9.17) is 14.2 Å². The van der Waals surface area contributed by atoms with Gasteiger partial charge in [-0.2, -0.15) is 0 Å². The molecule has 1 aliphatic heterocycles. The minimum absolute atomic E-state index is 0.0872. The van der Waals surface area contributed by atoms with Crippen LogP contribution in [-0.2, 0) is 9.53 Å². The number of nitrogens with zero attached hydrogens (tertiary/aromatic N) is 3. The van der Waals surface area contributed by atoms with Gasteiger partial charge in [-0.1, -0.05) is 36.0 Å². The Morgan fingerprint density at radius 2 is 1.97 bits per heavy atom. The lowest BCUT2D eigenvalue weighted by molar-refractivity contribution is -0.128. The number of thioether (sulfide) groups is 1. The zero-order valence-corrected chi connectivity index (χ0v) is 19.7. The average molecular weight is 470 g/mol. The molecule has 0 radical (unpaired) electrons. The lowest BCUT2D eigenvalue weighted by Gasteiger charge is -2.29. The Kier molecular flexibility index (Phi) is 7.20. The Hall–Kier alpha value is -3.04. The monoisotopic (exact) mass is 469 g/mol. The Bertz CT molecular complexity index is 1200. The molecule has 0 unspecified atom stereocenters. The molecule has 0 N–H and O–H groups in total. The maximum absolute atomic E-state index is 13.1. The fraction of sp³-hybridized carbons (Fsp3) is 0.375. The van der Waals surface area contributed by atoms with Gasteiger partial charge in [-0.15, -0.1) is 0 Å². The number of carbonyl (C=O) groups excluding carboxylic acids is 1. The molecule has 9 heteroatoms. The highest BCUT2D eigenvalue weighted by Crippen LogP contribution is 2.31. The molecule has 4 rings (SSSR count). The summed E-state index contributed by atoms with van der Waals surface area (Å²) < 4.78 is 18.6. The maximum Gasteiger partial charge on any atom is 0.262 e. The Morgan fingerprint density at radius 1 is 1.24 bits per heavy atom. The second-order valence-electron chi connectivity index (χ2n) is 7.95. The normalized spacial score (nSPS) is 15.9. The van der Waals surface area contributed by atoms with Crippen LogP contribution in [-0.4, -0.2) is 66.1 Å². The Morgan fingerprint density at radius 3 is 2.76 bits per heavy atom. The van der Waals surface area contributed by atoms with Crippen molar-refractivity contribution in [1.29, 1.82) is 0 Å². The summed E-state index contributed by atoms with van der Waals surface area (Å²) >= 11 is 1.25. The van der Waals surface area contributed by atoms with Crippen molar-refractivity contribution in [3.63, 3.8) is 0 Å². The number of hydrogen-bond acceptors (Lipinski definition) is 7. The third kappa shape index (κ3) is 5.15. The molecular weight excluding hydrogens is 442 g/mol. The molecule has 0 spiro atoms. The van der Waals surface area contributed by atoms with Crippen molar-refractivity contribution in [1.82, 2.24) is 14.5 Å². The summed E-state index contributed by atoms with van der Waals surface area (Å²) in [5.41, 5.74) is 0.470. The second-order valence-corrected chi connectivity index (χ2v) is 8.89. The summed E-state index contributed by atoms with van der Waals surface area (Å²) in [7, 11) is 3.33. The molecule has 3 aromatic rings. The number of para-hydroxylation sites is 3. The number of ether oxygens (including phenoxy) is 3. The molecule has 2 aromatic carbocycles. The molecule has 0 fully saturated rings. The third-order valence-corrected chi connectivity index (χ3v) is 6.36. The average Bonchev–Trinajstić information content (AvgIpc) is 2.82. The zero-order chi connectivity index (χ0) is 23.4. The van der Waals surface area contributed by atoms with Gasteiger partial charge < -0.3 is 19.1 Å². The molecule has 2 heterocycles. The first-order chi connectivity index (χ1) is 16.0. The quantitative estimate of drug-likeness (QED) is 0.370. The Labute approximate surface area is 196 Å². The van der Waals surface area contributed by atoms with Gasteiger partial charge in [0, 0.05) is 14.2 Å². The lowest BCUT2D eigenvalue weighted by atomic mass is 10.2. The number of rotatable bonds is 8. The molecule has 2 atom stereocenters. The SMILES string of the molecule is COC[C@@H](C)n1c(SCC(=O)N(C)C[C@@H]2COc3ccccc3O2)nc2ccccc2c1=O. The van der Waals surface area contributed by atoms with Crippen molar-refractivity contribution in [2.24, 2.45) is 0 Å². The van der Waals surface area contributed by atoms with Gasteiger partial charge in [0.1, 0.15) is 6.61 Å². The van der Waals surface area contributed by atoms with E-state index in [0.717, 1.165) is 0 Å². The molecule has 1 aromatic heterocycles. The third-order valence-electron chi connectivity index (χ3n) is 5.42. The largest absolute Gasteiger partial charge is 0.486 e. The smallest absolute Gasteiger partial charge is 0.262 e. The fourth-order valence-electron chi connectivity index (χ4n) is 3.73. The highest BCUT2D eigenvalue weighted by atomic mass is 32.2. The highest BCUT2D eigenvalue weighted by Gasteiger charge is 2.24. The van der Waals surface area contributed by atoms with Crippen LogP contribution < -0.4 is 15.0 Å². The number of methoxy groups -OCH3 is 1. The van der Waals surface area contributed by atoms with E-state index in [2.05, 4.69) is 4.98 Å². The molecule has 1 amide bonds. The van der Waals surface area contributed by atoms with Gasteiger partial charge in [-0.3, -0.25) is 14.2 Å². The number of hydrogen-bond donors (Lipinski definition) is 0. The summed E-state index contributed by atoms with van der Waals surface area (Å²) in [4.78, 5) is 32.3. The van der Waals surface area contributed by atoms with Crippen LogP contribution in [0.2, 0.25) is 0 Å².